The Hall–Kier alpha value is -1.60. The van der Waals surface area contributed by atoms with Crippen LogP contribution in [-0.4, -0.2) is 73.6 Å². The van der Waals surface area contributed by atoms with Crippen LogP contribution in [0.5, 0.6) is 0 Å². The molecule has 7 nitrogen and oxygen atoms in total. The number of hydrogen-bond donors (Lipinski definition) is 2. The largest absolute Gasteiger partial charge is 0.444 e. The summed E-state index contributed by atoms with van der Waals surface area (Å²) in [5, 5.41) is 7.02. The molecule has 2 N–H and O–H groups in total. The molecule has 3 rings (SSSR count). The van der Waals surface area contributed by atoms with Crippen LogP contribution in [0, 0.1) is 25.7 Å². The minimum atomic E-state index is 0.697. The van der Waals surface area contributed by atoms with Crippen molar-refractivity contribution in [1.82, 2.24) is 25.4 Å². The Labute approximate surface area is 182 Å². The summed E-state index contributed by atoms with van der Waals surface area (Å²) in [7, 11) is 1.87. The van der Waals surface area contributed by atoms with Crippen LogP contribution in [-0.2, 0) is 6.54 Å². The molecule has 0 radical (unpaired) electrons. The fraction of sp³-hybridized carbons (Fsp3) is 0.826. The van der Waals surface area contributed by atoms with Crippen molar-refractivity contribution < 1.29 is 4.42 Å². The van der Waals surface area contributed by atoms with Gasteiger partial charge in [0, 0.05) is 20.1 Å². The van der Waals surface area contributed by atoms with Gasteiger partial charge >= 0.3 is 0 Å². The minimum absolute atomic E-state index is 0.697. The first kappa shape index (κ1) is 23.1. The number of nitrogens with one attached hydrogen (secondary N) is 2. The third kappa shape index (κ3) is 7.27. The van der Waals surface area contributed by atoms with Crippen molar-refractivity contribution in [3.63, 3.8) is 0 Å². The second kappa shape index (κ2) is 11.7. The van der Waals surface area contributed by atoms with E-state index in [1.54, 1.807) is 0 Å². The molecular formula is C23H42N6O. The maximum Gasteiger partial charge on any atom is 0.208 e. The second-order valence-electron chi connectivity index (χ2n) is 9.23. The molecule has 7 heteroatoms. The zero-order valence-electron chi connectivity index (χ0n) is 19.5. The summed E-state index contributed by atoms with van der Waals surface area (Å²) in [5.74, 6) is 4.34. The third-order valence-electron chi connectivity index (χ3n) is 6.74. The van der Waals surface area contributed by atoms with Crippen LogP contribution in [0.25, 0.3) is 0 Å². The lowest BCUT2D eigenvalue weighted by Crippen LogP contribution is -2.43. The molecule has 0 amide bonds. The van der Waals surface area contributed by atoms with Crippen LogP contribution in [0.1, 0.15) is 56.4 Å². The highest BCUT2D eigenvalue weighted by Crippen LogP contribution is 2.19. The van der Waals surface area contributed by atoms with Crippen LogP contribution in [0.15, 0.2) is 9.41 Å². The number of nitrogens with zero attached hydrogens (tertiary/aromatic N) is 4. The number of oxazole rings is 1. The quantitative estimate of drug-likeness (QED) is 0.384. The van der Waals surface area contributed by atoms with Gasteiger partial charge in [0.1, 0.15) is 5.76 Å². The average molecular weight is 419 g/mol. The summed E-state index contributed by atoms with van der Waals surface area (Å²) in [6.45, 7) is 15.1. The Kier molecular flexibility index (Phi) is 9.00. The number of aromatic nitrogens is 1. The number of hydrogen-bond acceptors (Lipinski definition) is 5. The molecule has 0 unspecified atom stereocenters. The molecule has 0 aromatic carbocycles. The second-order valence-corrected chi connectivity index (χ2v) is 9.23. The number of likely N-dealkylation sites (tertiary alicyclic amines) is 2. The van der Waals surface area contributed by atoms with E-state index in [1.165, 1.54) is 51.7 Å². The predicted octanol–water partition coefficient (Wildman–Crippen LogP) is 2.79. The van der Waals surface area contributed by atoms with Crippen molar-refractivity contribution in [2.24, 2.45) is 16.8 Å². The highest BCUT2D eigenvalue weighted by atomic mass is 16.4. The van der Waals surface area contributed by atoms with Gasteiger partial charge in [0.2, 0.25) is 5.89 Å². The van der Waals surface area contributed by atoms with Crippen molar-refractivity contribution in [3.8, 4) is 0 Å². The summed E-state index contributed by atoms with van der Waals surface area (Å²) in [6.07, 6.45) is 6.29. The highest BCUT2D eigenvalue weighted by molar-refractivity contribution is 5.79. The summed E-state index contributed by atoms with van der Waals surface area (Å²) in [5.41, 5.74) is 1.01. The summed E-state index contributed by atoms with van der Waals surface area (Å²) in [6, 6.07) is 0. The van der Waals surface area contributed by atoms with E-state index in [0.717, 1.165) is 61.9 Å². The van der Waals surface area contributed by atoms with Crippen molar-refractivity contribution in [3.05, 3.63) is 17.3 Å². The first-order chi connectivity index (χ1) is 14.5. The lowest BCUT2D eigenvalue weighted by molar-refractivity contribution is 0.164. The molecule has 2 fully saturated rings. The topological polar surface area (TPSA) is 68.9 Å². The van der Waals surface area contributed by atoms with E-state index in [2.05, 4.69) is 37.3 Å². The van der Waals surface area contributed by atoms with E-state index >= 15 is 0 Å². The van der Waals surface area contributed by atoms with E-state index in [-0.39, 0.29) is 0 Å². The molecule has 170 valence electrons. The maximum absolute atomic E-state index is 5.74. The molecule has 0 atom stereocenters. The molecule has 1 aromatic heterocycles. The lowest BCUT2D eigenvalue weighted by Gasteiger charge is -2.31. The van der Waals surface area contributed by atoms with Crippen LogP contribution in [0.3, 0.4) is 0 Å². The minimum Gasteiger partial charge on any atom is -0.444 e. The smallest absolute Gasteiger partial charge is 0.208 e. The molecule has 3 heterocycles. The first-order valence-electron chi connectivity index (χ1n) is 11.9. The fourth-order valence-electron chi connectivity index (χ4n) is 4.40. The van der Waals surface area contributed by atoms with Gasteiger partial charge in [-0.25, -0.2) is 4.98 Å². The van der Waals surface area contributed by atoms with Crippen LogP contribution in [0.2, 0.25) is 0 Å². The molecule has 0 saturated carbocycles. The summed E-state index contributed by atoms with van der Waals surface area (Å²) < 4.78 is 5.74. The Morgan fingerprint density at radius 3 is 2.40 bits per heavy atom. The molecule has 2 aliphatic heterocycles. The first-order valence-corrected chi connectivity index (χ1v) is 11.9. The normalized spacial score (nSPS) is 20.6. The number of aliphatic imine (C=N–C) groups is 1. The van der Waals surface area contributed by atoms with Crippen LogP contribution < -0.4 is 10.6 Å². The van der Waals surface area contributed by atoms with Crippen molar-refractivity contribution in [2.45, 2.75) is 59.4 Å². The number of piperidine rings is 2. The molecule has 0 bridgehead atoms. The number of rotatable bonds is 8. The van der Waals surface area contributed by atoms with Gasteiger partial charge in [-0.1, -0.05) is 6.92 Å². The summed E-state index contributed by atoms with van der Waals surface area (Å²) in [4.78, 5) is 14.0. The van der Waals surface area contributed by atoms with Crippen molar-refractivity contribution in [2.75, 3.05) is 52.9 Å². The van der Waals surface area contributed by atoms with Gasteiger partial charge < -0.3 is 20.0 Å². The Bertz CT molecular complexity index is 637. The van der Waals surface area contributed by atoms with Crippen molar-refractivity contribution in [1.29, 1.82) is 0 Å². The molecule has 0 spiro atoms. The number of guanidine groups is 1. The molecular weight excluding hydrogens is 376 g/mol. The Balaban J connectivity index is 1.26. The van der Waals surface area contributed by atoms with Crippen LogP contribution in [0.4, 0.5) is 0 Å². The summed E-state index contributed by atoms with van der Waals surface area (Å²) >= 11 is 0. The van der Waals surface area contributed by atoms with E-state index in [0.29, 0.717) is 5.92 Å². The lowest BCUT2D eigenvalue weighted by atomic mass is 9.97. The van der Waals surface area contributed by atoms with Gasteiger partial charge in [-0.2, -0.15) is 0 Å². The van der Waals surface area contributed by atoms with Gasteiger partial charge in [0.15, 0.2) is 5.96 Å². The molecule has 2 saturated heterocycles. The van der Waals surface area contributed by atoms with E-state index in [9.17, 15) is 0 Å². The Morgan fingerprint density at radius 1 is 1.07 bits per heavy atom. The molecule has 2 aliphatic rings. The van der Waals surface area contributed by atoms with Gasteiger partial charge in [-0.15, -0.1) is 0 Å². The standard InChI is InChI=1S/C23H42N6O/c1-18-6-12-28(13-7-18)11-5-10-25-23(24-4)26-16-21-8-14-29(15-9-21)17-22-27-19(2)20(3)30-22/h18,21H,5-17H2,1-4H3,(H2,24,25,26). The highest BCUT2D eigenvalue weighted by Gasteiger charge is 2.21. The van der Waals surface area contributed by atoms with Crippen molar-refractivity contribution >= 4 is 5.96 Å². The average Bonchev–Trinajstić information content (AvgIpc) is 3.06. The molecule has 1 aromatic rings. The zero-order valence-corrected chi connectivity index (χ0v) is 19.5. The zero-order chi connectivity index (χ0) is 21.3. The van der Waals surface area contributed by atoms with Gasteiger partial charge in [-0.3, -0.25) is 9.89 Å². The van der Waals surface area contributed by atoms with Crippen LogP contribution >= 0.6 is 0 Å². The van der Waals surface area contributed by atoms with Gasteiger partial charge in [0.05, 0.1) is 12.2 Å². The number of aryl methyl sites for hydroxylation is 2. The Morgan fingerprint density at radius 2 is 1.77 bits per heavy atom. The van der Waals surface area contributed by atoms with E-state index in [4.69, 9.17) is 4.42 Å². The predicted molar refractivity (Wildman–Crippen MR) is 123 cm³/mol. The van der Waals surface area contributed by atoms with Gasteiger partial charge in [0.25, 0.3) is 0 Å². The monoisotopic (exact) mass is 418 g/mol. The maximum atomic E-state index is 5.74. The van der Waals surface area contributed by atoms with E-state index < -0.39 is 0 Å². The van der Waals surface area contributed by atoms with E-state index in [1.807, 2.05) is 20.9 Å². The van der Waals surface area contributed by atoms with Gasteiger partial charge in [-0.05, 0) is 90.5 Å². The fourth-order valence-corrected chi connectivity index (χ4v) is 4.40. The molecule has 30 heavy (non-hydrogen) atoms. The molecule has 0 aliphatic carbocycles. The third-order valence-corrected chi connectivity index (χ3v) is 6.74. The SMILES string of the molecule is CN=C(NCCCN1CCC(C)CC1)NCC1CCN(Cc2nc(C)c(C)o2)CC1.